The molecule has 2 amide bonds. The molecule has 0 unspecified atom stereocenters. The predicted octanol–water partition coefficient (Wildman–Crippen LogP) is 2.54. The highest BCUT2D eigenvalue weighted by molar-refractivity contribution is 5.74. The highest BCUT2D eigenvalue weighted by Crippen LogP contribution is 2.19. The lowest BCUT2D eigenvalue weighted by Gasteiger charge is -2.38. The van der Waals surface area contributed by atoms with Gasteiger partial charge in [-0.2, -0.15) is 0 Å². The van der Waals surface area contributed by atoms with E-state index in [-0.39, 0.29) is 23.9 Å². The molecule has 0 atom stereocenters. The molecule has 122 valence electrons. The van der Waals surface area contributed by atoms with Crippen molar-refractivity contribution in [2.45, 2.75) is 32.9 Å². The quantitative estimate of drug-likeness (QED) is 0.930. The minimum atomic E-state index is -0.416. The number of nitrogens with zero attached hydrogens (tertiary/aromatic N) is 1. The molecule has 0 bridgehead atoms. The van der Waals surface area contributed by atoms with Gasteiger partial charge in [0, 0.05) is 13.1 Å². The molecule has 22 heavy (non-hydrogen) atoms. The maximum atomic E-state index is 13.8. The number of rotatable bonds is 4. The Kier molecular flexibility index (Phi) is 5.24. The molecular formula is C16H23FN2O3. The molecule has 0 aromatic heterocycles. The third-order valence-electron chi connectivity index (χ3n) is 3.45. The Bertz CT molecular complexity index is 534. The molecule has 1 aliphatic heterocycles. The molecular weight excluding hydrogens is 287 g/mol. The SMILES string of the molecule is CCOc1ccc(CNC(=O)N2CCOC(C)(C)C2)cc1F. The first-order valence-corrected chi connectivity index (χ1v) is 7.49. The lowest BCUT2D eigenvalue weighted by Crippen LogP contribution is -2.53. The minimum Gasteiger partial charge on any atom is -0.491 e. The zero-order chi connectivity index (χ0) is 16.2. The highest BCUT2D eigenvalue weighted by Gasteiger charge is 2.29. The van der Waals surface area contributed by atoms with Gasteiger partial charge in [-0.1, -0.05) is 6.07 Å². The van der Waals surface area contributed by atoms with Gasteiger partial charge in [0.2, 0.25) is 0 Å². The largest absolute Gasteiger partial charge is 0.491 e. The van der Waals surface area contributed by atoms with E-state index >= 15 is 0 Å². The van der Waals surface area contributed by atoms with Gasteiger partial charge in [0.25, 0.3) is 0 Å². The molecule has 1 heterocycles. The van der Waals surface area contributed by atoms with Crippen LogP contribution in [0, 0.1) is 5.82 Å². The van der Waals surface area contributed by atoms with Crippen molar-refractivity contribution in [3.8, 4) is 5.75 Å². The minimum absolute atomic E-state index is 0.161. The van der Waals surface area contributed by atoms with Crippen LogP contribution < -0.4 is 10.1 Å². The summed E-state index contributed by atoms with van der Waals surface area (Å²) in [5.41, 5.74) is 0.364. The van der Waals surface area contributed by atoms with Crippen molar-refractivity contribution >= 4 is 6.03 Å². The fraction of sp³-hybridized carbons (Fsp3) is 0.562. The molecule has 6 heteroatoms. The first-order valence-electron chi connectivity index (χ1n) is 7.49. The van der Waals surface area contributed by atoms with E-state index in [2.05, 4.69) is 5.32 Å². The number of hydrogen-bond donors (Lipinski definition) is 1. The molecule has 1 fully saturated rings. The van der Waals surface area contributed by atoms with E-state index in [4.69, 9.17) is 9.47 Å². The van der Waals surface area contributed by atoms with E-state index in [1.54, 1.807) is 24.0 Å². The van der Waals surface area contributed by atoms with E-state index < -0.39 is 5.82 Å². The van der Waals surface area contributed by atoms with E-state index in [1.165, 1.54) is 6.07 Å². The molecule has 5 nitrogen and oxygen atoms in total. The van der Waals surface area contributed by atoms with Crippen molar-refractivity contribution in [2.24, 2.45) is 0 Å². The Hall–Kier alpha value is -1.82. The summed E-state index contributed by atoms with van der Waals surface area (Å²) in [5, 5.41) is 2.81. The van der Waals surface area contributed by atoms with Crippen LogP contribution in [-0.4, -0.2) is 42.8 Å². The third kappa shape index (κ3) is 4.34. The molecule has 1 aromatic rings. The number of carbonyl (C=O) groups is 1. The Morgan fingerprint density at radius 3 is 2.91 bits per heavy atom. The third-order valence-corrected chi connectivity index (χ3v) is 3.45. The fourth-order valence-corrected chi connectivity index (χ4v) is 2.41. The van der Waals surface area contributed by atoms with E-state index in [0.29, 0.717) is 31.9 Å². The number of urea groups is 1. The second kappa shape index (κ2) is 6.96. The van der Waals surface area contributed by atoms with Gasteiger partial charge in [-0.05, 0) is 38.5 Å². The van der Waals surface area contributed by atoms with Crippen LogP contribution in [0.5, 0.6) is 5.75 Å². The summed E-state index contributed by atoms with van der Waals surface area (Å²) in [5.74, 6) is -0.186. The lowest BCUT2D eigenvalue weighted by molar-refractivity contribution is -0.0733. The Morgan fingerprint density at radius 1 is 1.50 bits per heavy atom. The Balaban J connectivity index is 1.89. The zero-order valence-electron chi connectivity index (χ0n) is 13.3. The molecule has 1 saturated heterocycles. The van der Waals surface area contributed by atoms with E-state index in [1.807, 2.05) is 13.8 Å². The summed E-state index contributed by atoms with van der Waals surface area (Å²) < 4.78 is 24.5. The molecule has 1 N–H and O–H groups in total. The second-order valence-corrected chi connectivity index (χ2v) is 5.89. The van der Waals surface area contributed by atoms with E-state index in [9.17, 15) is 9.18 Å². The Morgan fingerprint density at radius 2 is 2.27 bits per heavy atom. The highest BCUT2D eigenvalue weighted by atomic mass is 19.1. The van der Waals surface area contributed by atoms with Gasteiger partial charge in [0.1, 0.15) is 0 Å². The first kappa shape index (κ1) is 16.5. The van der Waals surface area contributed by atoms with Gasteiger partial charge < -0.3 is 19.7 Å². The van der Waals surface area contributed by atoms with Gasteiger partial charge in [-0.3, -0.25) is 0 Å². The molecule has 2 rings (SSSR count). The number of amides is 2. The summed E-state index contributed by atoms with van der Waals surface area (Å²) in [6, 6.07) is 4.55. The molecule has 0 radical (unpaired) electrons. The van der Waals surface area contributed by atoms with Crippen LogP contribution in [0.2, 0.25) is 0 Å². The Labute approximate surface area is 130 Å². The van der Waals surface area contributed by atoms with Crippen LogP contribution in [0.3, 0.4) is 0 Å². The first-order chi connectivity index (χ1) is 10.4. The number of hydrogen-bond acceptors (Lipinski definition) is 3. The van der Waals surface area contributed by atoms with E-state index in [0.717, 1.165) is 0 Å². The molecule has 0 saturated carbocycles. The average Bonchev–Trinajstić information content (AvgIpc) is 2.46. The van der Waals surface area contributed by atoms with Crippen LogP contribution in [0.4, 0.5) is 9.18 Å². The van der Waals surface area contributed by atoms with Crippen LogP contribution >= 0.6 is 0 Å². The van der Waals surface area contributed by atoms with Crippen molar-refractivity contribution in [3.63, 3.8) is 0 Å². The number of carbonyl (C=O) groups excluding carboxylic acids is 1. The van der Waals surface area contributed by atoms with Gasteiger partial charge in [-0.25, -0.2) is 9.18 Å². The molecule has 1 aliphatic rings. The maximum absolute atomic E-state index is 13.8. The lowest BCUT2D eigenvalue weighted by atomic mass is 10.1. The van der Waals surface area contributed by atoms with Crippen molar-refractivity contribution in [3.05, 3.63) is 29.6 Å². The van der Waals surface area contributed by atoms with Crippen LogP contribution in [-0.2, 0) is 11.3 Å². The number of morpholine rings is 1. The number of benzene rings is 1. The predicted molar refractivity (Wildman–Crippen MR) is 81.4 cm³/mol. The maximum Gasteiger partial charge on any atom is 0.317 e. The standard InChI is InChI=1S/C16H23FN2O3/c1-4-21-14-6-5-12(9-13(14)17)10-18-15(20)19-7-8-22-16(2,3)11-19/h5-6,9H,4,7-8,10-11H2,1-3H3,(H,18,20). The van der Waals surface area contributed by atoms with Crippen molar-refractivity contribution < 1.29 is 18.7 Å². The topological polar surface area (TPSA) is 50.8 Å². The van der Waals surface area contributed by atoms with Gasteiger partial charge in [0.15, 0.2) is 11.6 Å². The van der Waals surface area contributed by atoms with Gasteiger partial charge >= 0.3 is 6.03 Å². The van der Waals surface area contributed by atoms with Crippen molar-refractivity contribution in [2.75, 3.05) is 26.3 Å². The monoisotopic (exact) mass is 310 g/mol. The number of nitrogens with one attached hydrogen (secondary N) is 1. The summed E-state index contributed by atoms with van der Waals surface area (Å²) >= 11 is 0. The van der Waals surface area contributed by atoms with Gasteiger partial charge in [0.05, 0.1) is 25.4 Å². The van der Waals surface area contributed by atoms with Crippen LogP contribution in [0.1, 0.15) is 26.3 Å². The number of ether oxygens (including phenoxy) is 2. The number of halogens is 1. The molecule has 1 aromatic carbocycles. The molecule has 0 aliphatic carbocycles. The normalized spacial score (nSPS) is 17.2. The van der Waals surface area contributed by atoms with Crippen LogP contribution in [0.25, 0.3) is 0 Å². The van der Waals surface area contributed by atoms with Gasteiger partial charge in [-0.15, -0.1) is 0 Å². The summed E-state index contributed by atoms with van der Waals surface area (Å²) in [7, 11) is 0. The van der Waals surface area contributed by atoms with Crippen molar-refractivity contribution in [1.29, 1.82) is 0 Å². The summed E-state index contributed by atoms with van der Waals surface area (Å²) in [6.07, 6.45) is 0. The zero-order valence-corrected chi connectivity index (χ0v) is 13.3. The average molecular weight is 310 g/mol. The summed E-state index contributed by atoms with van der Waals surface area (Å²) in [6.45, 7) is 8.03. The fourth-order valence-electron chi connectivity index (χ4n) is 2.41. The smallest absolute Gasteiger partial charge is 0.317 e. The van der Waals surface area contributed by atoms with Crippen LogP contribution in [0.15, 0.2) is 18.2 Å². The second-order valence-electron chi connectivity index (χ2n) is 5.89. The molecule has 0 spiro atoms. The summed E-state index contributed by atoms with van der Waals surface area (Å²) in [4.78, 5) is 13.9. The van der Waals surface area contributed by atoms with Crippen molar-refractivity contribution in [1.82, 2.24) is 10.2 Å².